The van der Waals surface area contributed by atoms with E-state index in [1.54, 1.807) is 0 Å². The summed E-state index contributed by atoms with van der Waals surface area (Å²) in [6, 6.07) is 0. The third kappa shape index (κ3) is 3.38. The lowest BCUT2D eigenvalue weighted by atomic mass is 10.4. The van der Waals surface area contributed by atoms with E-state index in [-0.39, 0.29) is 18.9 Å². The zero-order chi connectivity index (χ0) is 12.0. The summed E-state index contributed by atoms with van der Waals surface area (Å²) in [6.45, 7) is 2.65. The van der Waals surface area contributed by atoms with Crippen molar-refractivity contribution in [1.29, 1.82) is 0 Å². The van der Waals surface area contributed by atoms with E-state index in [4.69, 9.17) is 4.74 Å². The molecule has 1 heterocycles. The second-order valence-electron chi connectivity index (χ2n) is 3.56. The number of hydrogen-bond acceptors (Lipinski definition) is 5. The third-order valence-corrected chi connectivity index (χ3v) is 4.32. The predicted octanol–water partition coefficient (Wildman–Crippen LogP) is 0.110. The lowest BCUT2D eigenvalue weighted by Gasteiger charge is -2.30. The summed E-state index contributed by atoms with van der Waals surface area (Å²) in [6.07, 6.45) is 2.06. The van der Waals surface area contributed by atoms with Gasteiger partial charge in [-0.1, -0.05) is 13.3 Å². The van der Waals surface area contributed by atoms with Gasteiger partial charge >= 0.3 is 0 Å². The van der Waals surface area contributed by atoms with E-state index >= 15 is 0 Å². The van der Waals surface area contributed by atoms with Crippen molar-refractivity contribution in [3.63, 3.8) is 0 Å². The summed E-state index contributed by atoms with van der Waals surface area (Å²) >= 11 is 0. The monoisotopic (exact) mass is 248 g/mol. The van der Waals surface area contributed by atoms with Crippen molar-refractivity contribution >= 4 is 16.1 Å². The first-order valence-corrected chi connectivity index (χ1v) is 6.87. The summed E-state index contributed by atoms with van der Waals surface area (Å²) < 4.78 is 30.1. The van der Waals surface area contributed by atoms with Crippen molar-refractivity contribution < 1.29 is 17.9 Å². The Balaban J connectivity index is 2.77. The van der Waals surface area contributed by atoms with Crippen LogP contribution in [0.1, 0.15) is 19.8 Å². The van der Waals surface area contributed by atoms with Crippen molar-refractivity contribution in [3.8, 4) is 0 Å². The molecule has 1 saturated heterocycles. The van der Waals surface area contributed by atoms with Gasteiger partial charge < -0.3 is 4.74 Å². The Kier molecular flexibility index (Phi) is 5.08. The van der Waals surface area contributed by atoms with E-state index in [1.807, 2.05) is 6.92 Å². The van der Waals surface area contributed by atoms with Gasteiger partial charge in [-0.25, -0.2) is 13.2 Å². The highest BCUT2D eigenvalue weighted by atomic mass is 32.2. The molecule has 0 saturated carbocycles. The lowest BCUT2D eigenvalue weighted by Crippen LogP contribution is -2.48. The fourth-order valence-electron chi connectivity index (χ4n) is 1.51. The van der Waals surface area contributed by atoms with Gasteiger partial charge in [0, 0.05) is 6.54 Å². The Hall–Kier alpha value is -0.750. The topological polar surface area (TPSA) is 76.0 Å². The van der Waals surface area contributed by atoms with E-state index in [0.717, 1.165) is 6.42 Å². The average molecular weight is 248 g/mol. The first kappa shape index (κ1) is 13.3. The minimum atomic E-state index is -3.34. The van der Waals surface area contributed by atoms with E-state index in [2.05, 4.69) is 4.99 Å². The summed E-state index contributed by atoms with van der Waals surface area (Å²) in [7, 11) is -3.34. The van der Waals surface area contributed by atoms with Crippen LogP contribution in [0, 0.1) is 0 Å². The molecule has 7 heteroatoms. The summed E-state index contributed by atoms with van der Waals surface area (Å²) in [4.78, 5) is 13.6. The first-order chi connectivity index (χ1) is 7.61. The SMILES string of the molecule is CCCCS(=O)(=O)N1CCOCC1N=C=O. The van der Waals surface area contributed by atoms with Gasteiger partial charge in [-0.15, -0.1) is 0 Å². The van der Waals surface area contributed by atoms with Crippen LogP contribution < -0.4 is 0 Å². The van der Waals surface area contributed by atoms with Gasteiger partial charge in [0.2, 0.25) is 16.1 Å². The number of aliphatic imine (C=N–C) groups is 1. The Morgan fingerprint density at radius 2 is 2.31 bits per heavy atom. The smallest absolute Gasteiger partial charge is 0.236 e. The number of isocyanates is 1. The van der Waals surface area contributed by atoms with Gasteiger partial charge in [0.25, 0.3) is 0 Å². The van der Waals surface area contributed by atoms with Crippen LogP contribution in [0.25, 0.3) is 0 Å². The largest absolute Gasteiger partial charge is 0.376 e. The van der Waals surface area contributed by atoms with Crippen LogP contribution in [0.15, 0.2) is 4.99 Å². The fourth-order valence-corrected chi connectivity index (χ4v) is 3.23. The second-order valence-corrected chi connectivity index (χ2v) is 5.60. The van der Waals surface area contributed by atoms with E-state index < -0.39 is 16.2 Å². The Morgan fingerprint density at radius 1 is 1.56 bits per heavy atom. The Labute approximate surface area is 95.3 Å². The van der Waals surface area contributed by atoms with E-state index in [0.29, 0.717) is 13.0 Å². The van der Waals surface area contributed by atoms with Gasteiger partial charge in [0.1, 0.15) is 0 Å². The van der Waals surface area contributed by atoms with Crippen molar-refractivity contribution in [1.82, 2.24) is 4.31 Å². The number of unbranched alkanes of at least 4 members (excludes halogenated alkanes) is 1. The predicted molar refractivity (Wildman–Crippen MR) is 58.1 cm³/mol. The Morgan fingerprint density at radius 3 is 2.94 bits per heavy atom. The maximum Gasteiger partial charge on any atom is 0.236 e. The summed E-state index contributed by atoms with van der Waals surface area (Å²) in [5, 5.41) is 0. The van der Waals surface area contributed by atoms with Crippen LogP contribution in [0.5, 0.6) is 0 Å². The van der Waals surface area contributed by atoms with Crippen molar-refractivity contribution in [3.05, 3.63) is 0 Å². The minimum absolute atomic E-state index is 0.0916. The number of rotatable bonds is 5. The van der Waals surface area contributed by atoms with Crippen molar-refractivity contribution in [2.45, 2.75) is 25.9 Å². The van der Waals surface area contributed by atoms with E-state index in [9.17, 15) is 13.2 Å². The molecule has 0 amide bonds. The highest BCUT2D eigenvalue weighted by molar-refractivity contribution is 7.89. The molecule has 1 aliphatic heterocycles. The van der Waals surface area contributed by atoms with Gasteiger partial charge in [-0.3, -0.25) is 0 Å². The molecule has 0 aromatic heterocycles. The molecule has 1 rings (SSSR count). The number of nitrogens with zero attached hydrogens (tertiary/aromatic N) is 2. The van der Waals surface area contributed by atoms with E-state index in [1.165, 1.54) is 10.4 Å². The normalized spacial score (nSPS) is 22.7. The number of sulfonamides is 1. The van der Waals surface area contributed by atoms with Gasteiger partial charge in [-0.2, -0.15) is 9.30 Å². The van der Waals surface area contributed by atoms with Crippen molar-refractivity contribution in [2.24, 2.45) is 4.99 Å². The van der Waals surface area contributed by atoms with Gasteiger partial charge in [0.15, 0.2) is 6.17 Å². The maximum atomic E-state index is 11.9. The molecular formula is C9H16N2O4S. The van der Waals surface area contributed by atoms with Crippen LogP contribution in [0.4, 0.5) is 0 Å². The highest BCUT2D eigenvalue weighted by Crippen LogP contribution is 2.14. The molecule has 1 unspecified atom stereocenters. The molecule has 16 heavy (non-hydrogen) atoms. The molecule has 0 N–H and O–H groups in total. The van der Waals surface area contributed by atoms with Crippen LogP contribution in [-0.2, 0) is 19.6 Å². The molecule has 0 spiro atoms. The third-order valence-electron chi connectivity index (χ3n) is 2.37. The Bertz CT molecular complexity index is 362. The van der Waals surface area contributed by atoms with Crippen LogP contribution in [-0.4, -0.2) is 50.5 Å². The quantitative estimate of drug-likeness (QED) is 0.511. The van der Waals surface area contributed by atoms with Crippen molar-refractivity contribution in [2.75, 3.05) is 25.5 Å². The van der Waals surface area contributed by atoms with Crippen LogP contribution >= 0.6 is 0 Å². The second kappa shape index (κ2) is 6.10. The molecule has 0 bridgehead atoms. The molecule has 0 aromatic carbocycles. The average Bonchev–Trinajstić information content (AvgIpc) is 2.27. The lowest BCUT2D eigenvalue weighted by molar-refractivity contribution is 0.0359. The molecule has 1 atom stereocenters. The maximum absolute atomic E-state index is 11.9. The summed E-state index contributed by atoms with van der Waals surface area (Å²) in [5.41, 5.74) is 0. The molecule has 0 aliphatic carbocycles. The number of carbonyl (C=O) groups excluding carboxylic acids is 1. The fraction of sp³-hybridized carbons (Fsp3) is 0.889. The van der Waals surface area contributed by atoms with Gasteiger partial charge in [-0.05, 0) is 6.42 Å². The number of morpholine rings is 1. The summed E-state index contributed by atoms with van der Waals surface area (Å²) in [5.74, 6) is 0.0916. The highest BCUT2D eigenvalue weighted by Gasteiger charge is 2.32. The molecule has 92 valence electrons. The first-order valence-electron chi connectivity index (χ1n) is 5.26. The number of ether oxygens (including phenoxy) is 1. The van der Waals surface area contributed by atoms with Gasteiger partial charge in [0.05, 0.1) is 19.0 Å². The molecule has 0 radical (unpaired) electrons. The zero-order valence-corrected chi connectivity index (χ0v) is 10.1. The van der Waals surface area contributed by atoms with Crippen LogP contribution in [0.3, 0.4) is 0 Å². The minimum Gasteiger partial charge on any atom is -0.376 e. The zero-order valence-electron chi connectivity index (χ0n) is 9.26. The number of hydrogen-bond donors (Lipinski definition) is 0. The molecule has 1 fully saturated rings. The molecule has 0 aromatic rings. The molecule has 6 nitrogen and oxygen atoms in total. The van der Waals surface area contributed by atoms with Crippen LogP contribution in [0.2, 0.25) is 0 Å². The molecule has 1 aliphatic rings. The molecular weight excluding hydrogens is 232 g/mol. The standard InChI is InChI=1S/C9H16N2O4S/c1-2-3-6-16(13,14)11-4-5-15-7-9(11)10-8-12/h9H,2-7H2,1H3.